The lowest BCUT2D eigenvalue weighted by Crippen LogP contribution is -2.31. The van der Waals surface area contributed by atoms with E-state index in [4.69, 9.17) is 4.74 Å². The minimum atomic E-state index is -0.855. The standard InChI is InChI=1S/C26H22FNO4/c1-32-21-9-5-8-18(16-21)24-23(22(29)15-10-17-6-3-2-4-7-17)25(30)26(31)28(24)20-13-11-19(27)12-14-20/h2-9,11-14,16,24,30H,10,15H2,1H3. The highest BCUT2D eigenvalue weighted by Gasteiger charge is 2.44. The van der Waals surface area contributed by atoms with Crippen molar-refractivity contribution in [3.63, 3.8) is 0 Å². The summed E-state index contributed by atoms with van der Waals surface area (Å²) in [5.41, 5.74) is 2.00. The van der Waals surface area contributed by atoms with Gasteiger partial charge in [0.05, 0.1) is 18.7 Å². The number of hydrogen-bond donors (Lipinski definition) is 1. The Bertz CT molecular complexity index is 1170. The molecule has 1 N–H and O–H groups in total. The zero-order valence-corrected chi connectivity index (χ0v) is 17.5. The summed E-state index contributed by atoms with van der Waals surface area (Å²) in [6.07, 6.45) is 0.612. The molecule has 0 saturated heterocycles. The number of rotatable bonds is 7. The van der Waals surface area contributed by atoms with Crippen molar-refractivity contribution in [1.29, 1.82) is 0 Å². The molecule has 1 aliphatic rings. The summed E-state index contributed by atoms with van der Waals surface area (Å²) in [7, 11) is 1.52. The van der Waals surface area contributed by atoms with Crippen molar-refractivity contribution in [1.82, 2.24) is 0 Å². The molecule has 0 fully saturated rings. The zero-order valence-electron chi connectivity index (χ0n) is 17.5. The summed E-state index contributed by atoms with van der Waals surface area (Å²) in [4.78, 5) is 27.6. The van der Waals surface area contributed by atoms with Crippen molar-refractivity contribution in [3.8, 4) is 5.75 Å². The van der Waals surface area contributed by atoms with Crippen molar-refractivity contribution in [2.45, 2.75) is 18.9 Å². The van der Waals surface area contributed by atoms with Crippen LogP contribution < -0.4 is 9.64 Å². The Balaban J connectivity index is 1.74. The summed E-state index contributed by atoms with van der Waals surface area (Å²) in [6, 6.07) is 21.0. The summed E-state index contributed by atoms with van der Waals surface area (Å²) in [5.74, 6) is -1.50. The van der Waals surface area contributed by atoms with Crippen LogP contribution in [0.4, 0.5) is 10.1 Å². The average molecular weight is 431 g/mol. The van der Waals surface area contributed by atoms with Crippen LogP contribution in [0.25, 0.3) is 0 Å². The number of hydrogen-bond acceptors (Lipinski definition) is 4. The Labute approximate surface area is 185 Å². The zero-order chi connectivity index (χ0) is 22.7. The van der Waals surface area contributed by atoms with E-state index in [0.717, 1.165) is 5.56 Å². The van der Waals surface area contributed by atoms with E-state index in [-0.39, 0.29) is 17.8 Å². The summed E-state index contributed by atoms with van der Waals surface area (Å²) < 4.78 is 18.8. The second kappa shape index (κ2) is 9.06. The van der Waals surface area contributed by atoms with Gasteiger partial charge in [-0.15, -0.1) is 0 Å². The maximum atomic E-state index is 13.5. The van der Waals surface area contributed by atoms with Gasteiger partial charge in [-0.05, 0) is 53.9 Å². The van der Waals surface area contributed by atoms with E-state index in [1.165, 1.54) is 36.3 Å². The van der Waals surface area contributed by atoms with E-state index < -0.39 is 23.5 Å². The number of ether oxygens (including phenoxy) is 1. The third kappa shape index (κ3) is 4.12. The number of aliphatic hydroxyl groups excluding tert-OH is 1. The lowest BCUT2D eigenvalue weighted by atomic mass is 9.93. The molecule has 0 aliphatic carbocycles. The number of amides is 1. The molecule has 32 heavy (non-hydrogen) atoms. The van der Waals surface area contributed by atoms with Gasteiger partial charge in [-0.3, -0.25) is 14.5 Å². The molecule has 0 saturated carbocycles. The van der Waals surface area contributed by atoms with Crippen LogP contribution in [0.5, 0.6) is 5.75 Å². The van der Waals surface area contributed by atoms with Crippen molar-refractivity contribution < 1.29 is 23.8 Å². The van der Waals surface area contributed by atoms with Crippen LogP contribution >= 0.6 is 0 Å². The van der Waals surface area contributed by atoms with Gasteiger partial charge in [0, 0.05) is 12.1 Å². The Morgan fingerprint density at radius 1 is 1.03 bits per heavy atom. The van der Waals surface area contributed by atoms with Crippen LogP contribution in [0.2, 0.25) is 0 Å². The van der Waals surface area contributed by atoms with Gasteiger partial charge in [0.25, 0.3) is 5.91 Å². The van der Waals surface area contributed by atoms with Crippen LogP contribution in [-0.4, -0.2) is 23.9 Å². The Morgan fingerprint density at radius 3 is 2.44 bits per heavy atom. The topological polar surface area (TPSA) is 66.8 Å². The van der Waals surface area contributed by atoms with Gasteiger partial charge >= 0.3 is 0 Å². The molecule has 6 heteroatoms. The molecule has 1 amide bonds. The third-order valence-electron chi connectivity index (χ3n) is 5.51. The number of benzene rings is 3. The fraction of sp³-hybridized carbons (Fsp3) is 0.154. The fourth-order valence-electron chi connectivity index (χ4n) is 3.92. The lowest BCUT2D eigenvalue weighted by molar-refractivity contribution is -0.118. The minimum Gasteiger partial charge on any atom is -0.503 e. The Kier molecular flexibility index (Phi) is 6.03. The van der Waals surface area contributed by atoms with Crippen molar-refractivity contribution in [3.05, 3.63) is 107 Å². The van der Waals surface area contributed by atoms with Crippen LogP contribution in [0.1, 0.15) is 23.6 Å². The predicted octanol–water partition coefficient (Wildman–Crippen LogP) is 4.94. The molecule has 1 aliphatic heterocycles. The molecule has 1 heterocycles. The SMILES string of the molecule is COc1cccc(C2C(C(=O)CCc3ccccc3)=C(O)C(=O)N2c2ccc(F)cc2)c1. The molecule has 1 unspecified atom stereocenters. The van der Waals surface area contributed by atoms with Gasteiger partial charge in [0.1, 0.15) is 11.6 Å². The largest absolute Gasteiger partial charge is 0.503 e. The molecule has 3 aromatic rings. The highest BCUT2D eigenvalue weighted by molar-refractivity contribution is 6.16. The number of aliphatic hydroxyl groups is 1. The van der Waals surface area contributed by atoms with E-state index in [9.17, 15) is 19.1 Å². The van der Waals surface area contributed by atoms with Crippen LogP contribution in [0.15, 0.2) is 90.2 Å². The summed E-state index contributed by atoms with van der Waals surface area (Å²) in [6.45, 7) is 0. The number of ketones is 1. The lowest BCUT2D eigenvalue weighted by Gasteiger charge is -2.27. The number of halogens is 1. The first-order chi connectivity index (χ1) is 15.5. The van der Waals surface area contributed by atoms with Crippen molar-refractivity contribution in [2.75, 3.05) is 12.0 Å². The molecule has 0 aromatic heterocycles. The first-order valence-corrected chi connectivity index (χ1v) is 10.2. The Morgan fingerprint density at radius 2 is 1.75 bits per heavy atom. The quantitative estimate of drug-likeness (QED) is 0.576. The molecule has 4 rings (SSSR count). The number of carbonyl (C=O) groups excluding carboxylic acids is 2. The monoisotopic (exact) mass is 431 g/mol. The molecule has 162 valence electrons. The first-order valence-electron chi connectivity index (χ1n) is 10.2. The van der Waals surface area contributed by atoms with Crippen molar-refractivity contribution in [2.24, 2.45) is 0 Å². The van der Waals surface area contributed by atoms with E-state index in [1.54, 1.807) is 24.3 Å². The van der Waals surface area contributed by atoms with Crippen LogP contribution in [-0.2, 0) is 16.0 Å². The van der Waals surface area contributed by atoms with Gasteiger partial charge in [0.2, 0.25) is 0 Å². The second-order valence-electron chi connectivity index (χ2n) is 7.50. The minimum absolute atomic E-state index is 0.0310. The summed E-state index contributed by atoms with van der Waals surface area (Å²) >= 11 is 0. The van der Waals surface area contributed by atoms with Crippen molar-refractivity contribution >= 4 is 17.4 Å². The number of aryl methyl sites for hydroxylation is 1. The highest BCUT2D eigenvalue weighted by atomic mass is 19.1. The van der Waals surface area contributed by atoms with Gasteiger partial charge in [0.15, 0.2) is 11.5 Å². The molecular formula is C26H22FNO4. The maximum absolute atomic E-state index is 13.5. The molecule has 5 nitrogen and oxygen atoms in total. The van der Waals surface area contributed by atoms with Crippen LogP contribution in [0, 0.1) is 5.82 Å². The van der Waals surface area contributed by atoms with E-state index in [0.29, 0.717) is 23.4 Å². The van der Waals surface area contributed by atoms with Crippen LogP contribution in [0.3, 0.4) is 0 Å². The molecule has 0 radical (unpaired) electrons. The number of carbonyl (C=O) groups is 2. The van der Waals surface area contributed by atoms with Gasteiger partial charge in [-0.25, -0.2) is 4.39 Å². The predicted molar refractivity (Wildman–Crippen MR) is 119 cm³/mol. The van der Waals surface area contributed by atoms with Gasteiger partial charge in [-0.1, -0.05) is 42.5 Å². The van der Waals surface area contributed by atoms with Gasteiger partial charge in [-0.2, -0.15) is 0 Å². The highest BCUT2D eigenvalue weighted by Crippen LogP contribution is 2.42. The van der Waals surface area contributed by atoms with Gasteiger partial charge < -0.3 is 9.84 Å². The van der Waals surface area contributed by atoms with E-state index in [2.05, 4.69) is 0 Å². The van der Waals surface area contributed by atoms with E-state index in [1.807, 2.05) is 30.3 Å². The fourth-order valence-corrected chi connectivity index (χ4v) is 3.92. The second-order valence-corrected chi connectivity index (χ2v) is 7.50. The molecule has 3 aromatic carbocycles. The smallest absolute Gasteiger partial charge is 0.294 e. The average Bonchev–Trinajstić information content (AvgIpc) is 3.09. The third-order valence-corrected chi connectivity index (χ3v) is 5.51. The molecule has 0 spiro atoms. The number of nitrogens with zero attached hydrogens (tertiary/aromatic N) is 1. The van der Waals surface area contributed by atoms with E-state index >= 15 is 0 Å². The maximum Gasteiger partial charge on any atom is 0.294 e. The molecule has 1 atom stereocenters. The summed E-state index contributed by atoms with van der Waals surface area (Å²) in [5, 5.41) is 10.7. The number of Topliss-reactive ketones (excluding diaryl/α,β-unsaturated/α-hetero) is 1. The number of anilines is 1. The first kappa shape index (κ1) is 21.3. The number of methoxy groups -OCH3 is 1. The molecule has 0 bridgehead atoms. The molecular weight excluding hydrogens is 409 g/mol. The normalized spacial score (nSPS) is 15.9. The Hall–Kier alpha value is -3.93.